The Morgan fingerprint density at radius 3 is 2.47 bits per heavy atom. The molecule has 0 fully saturated rings. The van der Waals surface area contributed by atoms with Gasteiger partial charge in [0, 0.05) is 26.2 Å². The molecular formula is C12H24N2O5. The van der Waals surface area contributed by atoms with Crippen molar-refractivity contribution >= 4 is 12.0 Å². The van der Waals surface area contributed by atoms with E-state index in [0.717, 1.165) is 0 Å². The van der Waals surface area contributed by atoms with Crippen molar-refractivity contribution in [3.63, 3.8) is 0 Å². The van der Waals surface area contributed by atoms with Crippen LogP contribution in [0, 0.1) is 0 Å². The lowest BCUT2D eigenvalue weighted by atomic mass is 10.0. The second-order valence-electron chi connectivity index (χ2n) is 4.50. The first-order valence-corrected chi connectivity index (χ1v) is 6.37. The van der Waals surface area contributed by atoms with E-state index in [1.165, 1.54) is 11.8 Å². The van der Waals surface area contributed by atoms with Crippen molar-refractivity contribution in [1.29, 1.82) is 0 Å². The van der Waals surface area contributed by atoms with Crippen LogP contribution in [0.2, 0.25) is 0 Å². The lowest BCUT2D eigenvalue weighted by Gasteiger charge is -2.25. The van der Waals surface area contributed by atoms with Gasteiger partial charge in [-0.05, 0) is 20.8 Å². The van der Waals surface area contributed by atoms with E-state index in [9.17, 15) is 14.7 Å². The standard InChI is InChI=1S/C12H24N2O5/c1-4-14(6-7-19-5-2)11(17)13-9-12(3,18)8-10(15)16/h18H,4-9H2,1-3H3,(H,13,17)(H,15,16). The number of carbonyl (C=O) groups is 2. The van der Waals surface area contributed by atoms with E-state index in [1.54, 1.807) is 0 Å². The largest absolute Gasteiger partial charge is 0.481 e. The van der Waals surface area contributed by atoms with E-state index in [4.69, 9.17) is 9.84 Å². The van der Waals surface area contributed by atoms with Gasteiger partial charge in [0.2, 0.25) is 0 Å². The number of rotatable bonds is 9. The van der Waals surface area contributed by atoms with E-state index < -0.39 is 18.0 Å². The molecule has 19 heavy (non-hydrogen) atoms. The third-order valence-electron chi connectivity index (χ3n) is 2.53. The maximum Gasteiger partial charge on any atom is 0.317 e. The van der Waals surface area contributed by atoms with E-state index in [0.29, 0.717) is 26.3 Å². The smallest absolute Gasteiger partial charge is 0.317 e. The number of ether oxygens (including phenoxy) is 1. The Balaban J connectivity index is 4.15. The minimum Gasteiger partial charge on any atom is -0.481 e. The van der Waals surface area contributed by atoms with Gasteiger partial charge >= 0.3 is 12.0 Å². The average molecular weight is 276 g/mol. The normalized spacial score (nSPS) is 13.7. The molecule has 7 heteroatoms. The molecule has 0 aromatic carbocycles. The third kappa shape index (κ3) is 8.39. The van der Waals surface area contributed by atoms with Gasteiger partial charge in [-0.25, -0.2) is 4.79 Å². The zero-order valence-corrected chi connectivity index (χ0v) is 11.8. The van der Waals surface area contributed by atoms with Crippen molar-refractivity contribution in [3.8, 4) is 0 Å². The summed E-state index contributed by atoms with van der Waals surface area (Å²) < 4.78 is 5.17. The van der Waals surface area contributed by atoms with Crippen molar-refractivity contribution in [2.45, 2.75) is 32.8 Å². The van der Waals surface area contributed by atoms with Gasteiger partial charge in [0.15, 0.2) is 0 Å². The maximum absolute atomic E-state index is 11.8. The van der Waals surface area contributed by atoms with Crippen LogP contribution in [0.4, 0.5) is 4.79 Å². The Bertz CT molecular complexity index is 294. The van der Waals surface area contributed by atoms with Crippen LogP contribution in [0.1, 0.15) is 27.2 Å². The van der Waals surface area contributed by atoms with Crippen molar-refractivity contribution in [1.82, 2.24) is 10.2 Å². The number of carboxylic acid groups (broad SMARTS) is 1. The Labute approximate surface area is 113 Å². The highest BCUT2D eigenvalue weighted by Crippen LogP contribution is 2.07. The number of aliphatic carboxylic acids is 1. The number of urea groups is 1. The van der Waals surface area contributed by atoms with Crippen LogP contribution in [0.25, 0.3) is 0 Å². The molecule has 0 saturated heterocycles. The van der Waals surface area contributed by atoms with Gasteiger partial charge in [-0.15, -0.1) is 0 Å². The van der Waals surface area contributed by atoms with Crippen molar-refractivity contribution in [2.24, 2.45) is 0 Å². The van der Waals surface area contributed by atoms with Gasteiger partial charge in [0.05, 0.1) is 18.6 Å². The molecule has 0 aliphatic carbocycles. The first kappa shape index (κ1) is 17.7. The SMILES string of the molecule is CCOCCN(CC)C(=O)NCC(C)(O)CC(=O)O. The van der Waals surface area contributed by atoms with Crippen LogP contribution >= 0.6 is 0 Å². The number of hydrogen-bond donors (Lipinski definition) is 3. The molecule has 1 unspecified atom stereocenters. The lowest BCUT2D eigenvalue weighted by molar-refractivity contribution is -0.141. The number of carbonyl (C=O) groups excluding carboxylic acids is 1. The van der Waals surface area contributed by atoms with Crippen molar-refractivity contribution in [2.75, 3.05) is 32.8 Å². The number of aliphatic hydroxyl groups is 1. The Kier molecular flexibility index (Phi) is 8.09. The minimum atomic E-state index is -1.46. The number of amides is 2. The summed E-state index contributed by atoms with van der Waals surface area (Å²) in [7, 11) is 0. The van der Waals surface area contributed by atoms with Gasteiger partial charge < -0.3 is 25.2 Å². The molecule has 2 amide bonds. The summed E-state index contributed by atoms with van der Waals surface area (Å²) in [5.74, 6) is -1.11. The Hall–Kier alpha value is -1.34. The topological polar surface area (TPSA) is 99.1 Å². The summed E-state index contributed by atoms with van der Waals surface area (Å²) >= 11 is 0. The minimum absolute atomic E-state index is 0.108. The summed E-state index contributed by atoms with van der Waals surface area (Å²) in [6.45, 7) is 6.98. The third-order valence-corrected chi connectivity index (χ3v) is 2.53. The molecule has 0 aliphatic heterocycles. The zero-order chi connectivity index (χ0) is 14.9. The van der Waals surface area contributed by atoms with Crippen LogP contribution in [0.5, 0.6) is 0 Å². The van der Waals surface area contributed by atoms with Crippen LogP contribution < -0.4 is 5.32 Å². The molecular weight excluding hydrogens is 252 g/mol. The molecule has 3 N–H and O–H groups in total. The van der Waals surface area contributed by atoms with Gasteiger partial charge in [-0.2, -0.15) is 0 Å². The first-order chi connectivity index (χ1) is 8.82. The number of nitrogens with one attached hydrogen (secondary N) is 1. The summed E-state index contributed by atoms with van der Waals surface area (Å²) in [6, 6.07) is -0.340. The van der Waals surface area contributed by atoms with E-state index in [-0.39, 0.29) is 12.6 Å². The fourth-order valence-electron chi connectivity index (χ4n) is 1.49. The number of carboxylic acids is 1. The number of likely N-dealkylation sites (N-methyl/N-ethyl adjacent to an activating group) is 1. The van der Waals surface area contributed by atoms with Gasteiger partial charge in [0.1, 0.15) is 0 Å². The molecule has 0 aromatic heterocycles. The Morgan fingerprint density at radius 2 is 2.00 bits per heavy atom. The maximum atomic E-state index is 11.8. The summed E-state index contributed by atoms with van der Waals surface area (Å²) in [5.41, 5.74) is -1.46. The fraction of sp³-hybridized carbons (Fsp3) is 0.833. The average Bonchev–Trinajstić information content (AvgIpc) is 2.30. The van der Waals surface area contributed by atoms with Crippen LogP contribution in [-0.4, -0.2) is 65.6 Å². The van der Waals surface area contributed by atoms with Gasteiger partial charge in [-0.3, -0.25) is 4.79 Å². The molecule has 0 rings (SSSR count). The molecule has 0 aromatic rings. The summed E-state index contributed by atoms with van der Waals surface area (Å²) in [5, 5.41) is 20.9. The lowest BCUT2D eigenvalue weighted by Crippen LogP contribution is -2.48. The predicted molar refractivity (Wildman–Crippen MR) is 70.0 cm³/mol. The number of hydrogen-bond acceptors (Lipinski definition) is 4. The summed E-state index contributed by atoms with van der Waals surface area (Å²) in [6.07, 6.45) is -0.418. The first-order valence-electron chi connectivity index (χ1n) is 6.37. The molecule has 7 nitrogen and oxygen atoms in total. The molecule has 0 saturated carbocycles. The van der Waals surface area contributed by atoms with Crippen molar-refractivity contribution in [3.05, 3.63) is 0 Å². The van der Waals surface area contributed by atoms with Crippen LogP contribution in [0.15, 0.2) is 0 Å². The van der Waals surface area contributed by atoms with E-state index in [2.05, 4.69) is 5.32 Å². The molecule has 112 valence electrons. The molecule has 0 heterocycles. The van der Waals surface area contributed by atoms with Crippen molar-refractivity contribution < 1.29 is 24.5 Å². The van der Waals surface area contributed by atoms with Crippen LogP contribution in [0.3, 0.4) is 0 Å². The van der Waals surface area contributed by atoms with Crippen LogP contribution in [-0.2, 0) is 9.53 Å². The van der Waals surface area contributed by atoms with E-state index >= 15 is 0 Å². The summed E-state index contributed by atoms with van der Waals surface area (Å²) in [4.78, 5) is 23.9. The van der Waals surface area contributed by atoms with E-state index in [1.807, 2.05) is 13.8 Å². The highest BCUT2D eigenvalue weighted by atomic mass is 16.5. The van der Waals surface area contributed by atoms with Gasteiger partial charge in [-0.1, -0.05) is 0 Å². The molecule has 0 aliphatic rings. The number of nitrogens with zero attached hydrogens (tertiary/aromatic N) is 1. The Morgan fingerprint density at radius 1 is 1.37 bits per heavy atom. The second kappa shape index (κ2) is 8.71. The highest BCUT2D eigenvalue weighted by molar-refractivity contribution is 5.74. The second-order valence-corrected chi connectivity index (χ2v) is 4.50. The quantitative estimate of drug-likeness (QED) is 0.525. The van der Waals surface area contributed by atoms with Gasteiger partial charge in [0.25, 0.3) is 0 Å². The zero-order valence-electron chi connectivity index (χ0n) is 11.8. The molecule has 0 spiro atoms. The predicted octanol–water partition coefficient (Wildman–Crippen LogP) is 0.280. The monoisotopic (exact) mass is 276 g/mol. The fourth-order valence-corrected chi connectivity index (χ4v) is 1.49. The molecule has 0 bridgehead atoms. The molecule has 1 atom stereocenters. The molecule has 0 radical (unpaired) electrons. The highest BCUT2D eigenvalue weighted by Gasteiger charge is 2.25.